The van der Waals surface area contributed by atoms with Crippen molar-refractivity contribution in [2.45, 2.75) is 17.8 Å². The molecule has 3 nitrogen and oxygen atoms in total. The third-order valence-corrected chi connectivity index (χ3v) is 15.0. The normalized spacial score (nSPS) is 14.0. The van der Waals surface area contributed by atoms with Gasteiger partial charge in [0.25, 0.3) is 0 Å². The fourth-order valence-electron chi connectivity index (χ4n) is 12.2. The van der Waals surface area contributed by atoms with E-state index in [2.05, 4.69) is 195 Å². The molecule has 3 aliphatic rings. The predicted octanol–water partition coefficient (Wildman–Crippen LogP) is 16.0. The van der Waals surface area contributed by atoms with E-state index in [1.807, 2.05) is 61.6 Å². The van der Waals surface area contributed by atoms with Gasteiger partial charge in [0.1, 0.15) is 5.75 Å². The Balaban J connectivity index is 1.12. The summed E-state index contributed by atoms with van der Waals surface area (Å²) in [6, 6.07) is 78.2. The second kappa shape index (κ2) is 16.1. The van der Waals surface area contributed by atoms with Gasteiger partial charge >= 0.3 is 0 Å². The lowest BCUT2D eigenvalue weighted by molar-refractivity contribution is 0.458. The van der Waals surface area contributed by atoms with Crippen LogP contribution >= 0.6 is 0 Å². The molecule has 3 heteroatoms. The van der Waals surface area contributed by atoms with E-state index in [0.29, 0.717) is 11.4 Å². The van der Waals surface area contributed by atoms with E-state index >= 15 is 0 Å². The van der Waals surface area contributed by atoms with Crippen LogP contribution in [0.15, 0.2) is 249 Å². The van der Waals surface area contributed by atoms with Gasteiger partial charge in [-0.05, 0) is 90.9 Å². The SMILES string of the molecule is C=C(/C=C\C=C/C)c1ccc2c(c1O)C1(c3ccccc3C3(c4ccccc4-c4ccccc43)c3ccccc31)c1cccc(-c3cc(-c4ccc(-c5ccccc5)cc4)nc(-c4ccccc4)n3)c1-2. The standard InChI is InChI=1S/C67H46N2O/c1-3-4-7-21-43(2)48-40-41-52-62-51(61-42-60(68-65(69-61)47-24-10-6-11-25-47)46-38-36-45(37-39-46)44-22-8-5-9-23-44)28-20-35-59(62)67(63(52)64(48)70)57-33-18-16-31-55(57)66(56-32-17-19-34-58(56)67)53-29-14-12-26-49(53)50-27-13-15-30-54(50)66/h3-42,70H,2H2,1H3/b4-3-,21-7-. The predicted molar refractivity (Wildman–Crippen MR) is 287 cm³/mol. The summed E-state index contributed by atoms with van der Waals surface area (Å²) in [4.78, 5) is 10.7. The first-order valence-corrected chi connectivity index (χ1v) is 24.0. The van der Waals surface area contributed by atoms with E-state index in [-0.39, 0.29) is 5.75 Å². The highest BCUT2D eigenvalue weighted by Crippen LogP contribution is 2.69. The minimum atomic E-state index is -0.954. The molecule has 10 aromatic rings. The van der Waals surface area contributed by atoms with Crippen LogP contribution in [0.4, 0.5) is 0 Å². The molecule has 13 rings (SSSR count). The molecule has 0 atom stereocenters. The molecule has 1 N–H and O–H groups in total. The number of aromatic hydroxyl groups is 1. The average Bonchev–Trinajstić information content (AvgIpc) is 3.90. The van der Waals surface area contributed by atoms with Crippen LogP contribution in [0.3, 0.4) is 0 Å². The van der Waals surface area contributed by atoms with Gasteiger partial charge in [-0.1, -0.05) is 243 Å². The smallest absolute Gasteiger partial charge is 0.160 e. The minimum absolute atomic E-state index is 0.217. The monoisotopic (exact) mass is 894 g/mol. The number of nitrogens with zero attached hydrogens (tertiary/aromatic N) is 2. The fraction of sp³-hybridized carbons (Fsp3) is 0.0448. The fourth-order valence-corrected chi connectivity index (χ4v) is 12.2. The molecule has 330 valence electrons. The molecule has 0 saturated carbocycles. The maximum atomic E-state index is 13.4. The van der Waals surface area contributed by atoms with E-state index in [9.17, 15) is 5.11 Å². The number of hydrogen-bond donors (Lipinski definition) is 1. The molecule has 0 amide bonds. The first kappa shape index (κ1) is 41.3. The lowest BCUT2D eigenvalue weighted by Crippen LogP contribution is -2.43. The van der Waals surface area contributed by atoms with Gasteiger partial charge in [0.2, 0.25) is 0 Å². The Kier molecular flexibility index (Phi) is 9.50. The number of rotatable bonds is 7. The Labute approximate surface area is 408 Å². The molecule has 70 heavy (non-hydrogen) atoms. The van der Waals surface area contributed by atoms with Crippen molar-refractivity contribution >= 4 is 5.57 Å². The van der Waals surface area contributed by atoms with E-state index in [1.165, 1.54) is 33.4 Å². The van der Waals surface area contributed by atoms with Gasteiger partial charge in [-0.15, -0.1) is 0 Å². The van der Waals surface area contributed by atoms with Crippen LogP contribution in [-0.2, 0) is 10.8 Å². The van der Waals surface area contributed by atoms with Crippen molar-refractivity contribution in [3.8, 4) is 73.0 Å². The minimum Gasteiger partial charge on any atom is -0.507 e. The van der Waals surface area contributed by atoms with Crippen LogP contribution in [0.25, 0.3) is 72.9 Å². The Bertz CT molecular complexity index is 3710. The first-order valence-electron chi connectivity index (χ1n) is 24.0. The second-order valence-electron chi connectivity index (χ2n) is 18.5. The molecule has 1 heterocycles. The quantitative estimate of drug-likeness (QED) is 0.162. The molecule has 9 aromatic carbocycles. The van der Waals surface area contributed by atoms with Gasteiger partial charge < -0.3 is 5.11 Å². The summed E-state index contributed by atoms with van der Waals surface area (Å²) in [7, 11) is 0. The summed E-state index contributed by atoms with van der Waals surface area (Å²) in [6.45, 7) is 6.52. The van der Waals surface area contributed by atoms with E-state index in [0.717, 1.165) is 78.2 Å². The van der Waals surface area contributed by atoms with Crippen molar-refractivity contribution in [1.29, 1.82) is 0 Å². The zero-order valence-electron chi connectivity index (χ0n) is 38.6. The first-order chi connectivity index (χ1) is 34.5. The highest BCUT2D eigenvalue weighted by Gasteiger charge is 2.60. The van der Waals surface area contributed by atoms with Crippen molar-refractivity contribution in [3.05, 3.63) is 299 Å². The second-order valence-corrected chi connectivity index (χ2v) is 18.5. The van der Waals surface area contributed by atoms with Crippen LogP contribution in [0, 0.1) is 0 Å². The highest BCUT2D eigenvalue weighted by molar-refractivity contribution is 6.00. The third kappa shape index (κ3) is 5.82. The van der Waals surface area contributed by atoms with Gasteiger partial charge in [0.15, 0.2) is 5.82 Å². The van der Waals surface area contributed by atoms with Crippen LogP contribution in [-0.4, -0.2) is 15.1 Å². The van der Waals surface area contributed by atoms with Gasteiger partial charge in [-0.3, -0.25) is 0 Å². The molecule has 0 bridgehead atoms. The summed E-state index contributed by atoms with van der Waals surface area (Å²) >= 11 is 0. The van der Waals surface area contributed by atoms with E-state index in [4.69, 9.17) is 9.97 Å². The summed E-state index contributed by atoms with van der Waals surface area (Å²) < 4.78 is 0. The number of benzene rings is 9. The molecule has 0 radical (unpaired) electrons. The van der Waals surface area contributed by atoms with Gasteiger partial charge in [-0.2, -0.15) is 0 Å². The van der Waals surface area contributed by atoms with Crippen LogP contribution in [0.2, 0.25) is 0 Å². The van der Waals surface area contributed by atoms with Gasteiger partial charge in [0.05, 0.1) is 22.2 Å². The molecule has 2 spiro atoms. The molecular weight excluding hydrogens is 849 g/mol. The Hall–Kier alpha value is -8.92. The van der Waals surface area contributed by atoms with E-state index < -0.39 is 10.8 Å². The van der Waals surface area contributed by atoms with Crippen molar-refractivity contribution in [1.82, 2.24) is 9.97 Å². The summed E-state index contributed by atoms with van der Waals surface area (Å²) in [5, 5.41) is 13.4. The Morgan fingerprint density at radius 2 is 0.914 bits per heavy atom. The summed E-state index contributed by atoms with van der Waals surface area (Å²) in [5.41, 5.74) is 20.2. The largest absolute Gasteiger partial charge is 0.507 e. The number of phenolic OH excluding ortho intramolecular Hbond substituents is 1. The number of fused-ring (bicyclic) bond motifs is 16. The highest BCUT2D eigenvalue weighted by atomic mass is 16.3. The molecule has 1 aromatic heterocycles. The Morgan fingerprint density at radius 3 is 1.53 bits per heavy atom. The molecule has 0 unspecified atom stereocenters. The average molecular weight is 895 g/mol. The Morgan fingerprint density at radius 1 is 0.429 bits per heavy atom. The lowest BCUT2D eigenvalue weighted by Gasteiger charge is -2.49. The number of phenols is 1. The number of hydrogen-bond acceptors (Lipinski definition) is 3. The van der Waals surface area contributed by atoms with Gasteiger partial charge in [-0.25, -0.2) is 9.97 Å². The van der Waals surface area contributed by atoms with Crippen LogP contribution < -0.4 is 0 Å². The lowest BCUT2D eigenvalue weighted by atomic mass is 9.52. The van der Waals surface area contributed by atoms with Gasteiger partial charge in [0, 0.05) is 27.8 Å². The number of aromatic nitrogens is 2. The summed E-state index contributed by atoms with van der Waals surface area (Å²) in [5.74, 6) is 0.858. The molecule has 3 aliphatic carbocycles. The molecule has 0 aliphatic heterocycles. The maximum Gasteiger partial charge on any atom is 0.160 e. The summed E-state index contributed by atoms with van der Waals surface area (Å²) in [6.07, 6.45) is 7.94. The topological polar surface area (TPSA) is 46.0 Å². The zero-order chi connectivity index (χ0) is 47.0. The van der Waals surface area contributed by atoms with Crippen molar-refractivity contribution < 1.29 is 5.11 Å². The van der Waals surface area contributed by atoms with Crippen molar-refractivity contribution in [3.63, 3.8) is 0 Å². The van der Waals surface area contributed by atoms with Crippen LogP contribution in [0.5, 0.6) is 5.75 Å². The van der Waals surface area contributed by atoms with Crippen molar-refractivity contribution in [2.24, 2.45) is 0 Å². The molecular formula is C67H46N2O. The van der Waals surface area contributed by atoms with E-state index in [1.54, 1.807) is 0 Å². The number of allylic oxidation sites excluding steroid dienone is 5. The zero-order valence-corrected chi connectivity index (χ0v) is 38.6. The third-order valence-electron chi connectivity index (χ3n) is 15.0. The van der Waals surface area contributed by atoms with Crippen molar-refractivity contribution in [2.75, 3.05) is 0 Å². The van der Waals surface area contributed by atoms with Crippen LogP contribution in [0.1, 0.15) is 57.0 Å². The maximum absolute atomic E-state index is 13.4. The molecule has 0 fully saturated rings. The molecule has 0 saturated heterocycles.